The third kappa shape index (κ3) is 3.47. The number of hydrogen-bond donors (Lipinski definition) is 2. The fraction of sp³-hybridized carbons (Fsp3) is 0.316. The van der Waals surface area contributed by atoms with Gasteiger partial charge in [0.15, 0.2) is 0 Å². The van der Waals surface area contributed by atoms with E-state index in [9.17, 15) is 9.90 Å². The summed E-state index contributed by atoms with van der Waals surface area (Å²) in [5, 5.41) is 14.3. The molecule has 3 rings (SSSR count). The minimum absolute atomic E-state index is 0.0436. The summed E-state index contributed by atoms with van der Waals surface area (Å²) >= 11 is 0. The number of aromatic hydroxyl groups is 1. The summed E-state index contributed by atoms with van der Waals surface area (Å²) < 4.78 is 5.04. The van der Waals surface area contributed by atoms with E-state index in [1.165, 1.54) is 11.6 Å². The van der Waals surface area contributed by atoms with Gasteiger partial charge in [-0.25, -0.2) is 4.79 Å². The zero-order chi connectivity index (χ0) is 18.2. The molecule has 25 heavy (non-hydrogen) atoms. The van der Waals surface area contributed by atoms with Gasteiger partial charge in [-0.1, -0.05) is 24.3 Å². The minimum Gasteiger partial charge on any atom is -0.507 e. The van der Waals surface area contributed by atoms with Gasteiger partial charge in [0.05, 0.1) is 11.3 Å². The van der Waals surface area contributed by atoms with Crippen molar-refractivity contribution < 1.29 is 9.52 Å². The van der Waals surface area contributed by atoms with Crippen LogP contribution in [0.25, 0.3) is 0 Å². The van der Waals surface area contributed by atoms with Gasteiger partial charge in [-0.05, 0) is 39.7 Å². The number of fused-ring (bicyclic) bond motifs is 1. The Labute approximate surface area is 145 Å². The predicted molar refractivity (Wildman–Crippen MR) is 97.5 cm³/mol. The van der Waals surface area contributed by atoms with Crippen molar-refractivity contribution in [3.63, 3.8) is 0 Å². The zero-order valence-electron chi connectivity index (χ0n) is 14.8. The SMILES string of the molecule is C/C(=N\NC1=NC(C)(C)Cc2ccccc21)c1c(O)cc(C)oc1=O. The standard InChI is InChI=1S/C19H21N3O3/c1-11-9-15(23)16(18(24)25-11)12(2)21-22-17-14-8-6-5-7-13(14)10-19(3,4)20-17/h5-9,23H,10H2,1-4H3,(H,20,22)/b21-12+. The monoisotopic (exact) mass is 339 g/mol. The van der Waals surface area contributed by atoms with Gasteiger partial charge in [0.2, 0.25) is 0 Å². The van der Waals surface area contributed by atoms with E-state index in [1.807, 2.05) is 18.2 Å². The van der Waals surface area contributed by atoms with Crippen molar-refractivity contribution in [3.8, 4) is 5.75 Å². The molecule has 2 heterocycles. The molecule has 6 heteroatoms. The summed E-state index contributed by atoms with van der Waals surface area (Å²) in [6.45, 7) is 7.35. The molecule has 1 aliphatic rings. The number of aryl methyl sites for hydroxylation is 1. The van der Waals surface area contributed by atoms with Gasteiger partial charge in [0.1, 0.15) is 22.9 Å². The summed E-state index contributed by atoms with van der Waals surface area (Å²) in [7, 11) is 0. The Morgan fingerprint density at radius 3 is 2.80 bits per heavy atom. The summed E-state index contributed by atoms with van der Waals surface area (Å²) in [6.07, 6.45) is 0.847. The largest absolute Gasteiger partial charge is 0.507 e. The van der Waals surface area contributed by atoms with Crippen LogP contribution in [0.3, 0.4) is 0 Å². The topological polar surface area (TPSA) is 87.2 Å². The molecule has 0 unspecified atom stereocenters. The molecule has 1 aromatic heterocycles. The maximum atomic E-state index is 12.0. The van der Waals surface area contributed by atoms with E-state index in [0.717, 1.165) is 12.0 Å². The molecule has 1 aromatic carbocycles. The van der Waals surface area contributed by atoms with Gasteiger partial charge in [0.25, 0.3) is 0 Å². The van der Waals surface area contributed by atoms with Crippen molar-refractivity contribution in [1.29, 1.82) is 0 Å². The van der Waals surface area contributed by atoms with Crippen molar-refractivity contribution in [1.82, 2.24) is 5.43 Å². The molecule has 2 N–H and O–H groups in total. The van der Waals surface area contributed by atoms with E-state index in [4.69, 9.17) is 9.41 Å². The van der Waals surface area contributed by atoms with Crippen molar-refractivity contribution in [2.24, 2.45) is 10.1 Å². The predicted octanol–water partition coefficient (Wildman–Crippen LogP) is 2.75. The lowest BCUT2D eigenvalue weighted by molar-refractivity contribution is 0.432. The fourth-order valence-electron chi connectivity index (χ4n) is 2.98. The number of hydrazone groups is 1. The molecular weight excluding hydrogens is 318 g/mol. The Morgan fingerprint density at radius 1 is 1.36 bits per heavy atom. The first-order chi connectivity index (χ1) is 11.8. The lowest BCUT2D eigenvalue weighted by Crippen LogP contribution is -2.34. The minimum atomic E-state index is -0.619. The van der Waals surface area contributed by atoms with Crippen LogP contribution in [0.4, 0.5) is 0 Å². The first-order valence-electron chi connectivity index (χ1n) is 8.09. The van der Waals surface area contributed by atoms with Gasteiger partial charge in [0, 0.05) is 11.6 Å². The van der Waals surface area contributed by atoms with Crippen LogP contribution in [-0.2, 0) is 6.42 Å². The maximum Gasteiger partial charge on any atom is 0.348 e. The number of aliphatic imine (C=N–C) groups is 1. The Balaban J connectivity index is 1.96. The Bertz CT molecular complexity index is 939. The van der Waals surface area contributed by atoms with Crippen molar-refractivity contribution >= 4 is 11.5 Å². The van der Waals surface area contributed by atoms with Crippen LogP contribution in [0.5, 0.6) is 5.75 Å². The average Bonchev–Trinajstić information content (AvgIpc) is 2.50. The zero-order valence-corrected chi connectivity index (χ0v) is 14.8. The quantitative estimate of drug-likeness (QED) is 0.650. The molecule has 6 nitrogen and oxygen atoms in total. The van der Waals surface area contributed by atoms with E-state index in [0.29, 0.717) is 17.3 Å². The van der Waals surface area contributed by atoms with Gasteiger partial charge in [-0.3, -0.25) is 10.4 Å². The molecule has 2 aromatic rings. The highest BCUT2D eigenvalue weighted by atomic mass is 16.4. The van der Waals surface area contributed by atoms with E-state index < -0.39 is 5.63 Å². The Hall–Kier alpha value is -2.89. The number of benzene rings is 1. The smallest absolute Gasteiger partial charge is 0.348 e. The molecule has 0 spiro atoms. The molecule has 0 fully saturated rings. The van der Waals surface area contributed by atoms with Crippen LogP contribution in [0.2, 0.25) is 0 Å². The normalized spacial score (nSPS) is 16.2. The third-order valence-electron chi connectivity index (χ3n) is 4.06. The van der Waals surface area contributed by atoms with Crippen molar-refractivity contribution in [3.05, 3.63) is 63.2 Å². The van der Waals surface area contributed by atoms with Gasteiger partial charge < -0.3 is 9.52 Å². The second kappa shape index (κ2) is 6.20. The lowest BCUT2D eigenvalue weighted by atomic mass is 9.89. The number of hydrogen-bond acceptors (Lipinski definition) is 6. The summed E-state index contributed by atoms with van der Waals surface area (Å²) in [6, 6.07) is 9.41. The first-order valence-corrected chi connectivity index (χ1v) is 8.09. The highest BCUT2D eigenvalue weighted by molar-refractivity contribution is 6.04. The van der Waals surface area contributed by atoms with E-state index in [-0.39, 0.29) is 16.9 Å². The molecule has 0 radical (unpaired) electrons. The first kappa shape index (κ1) is 17.0. The molecule has 0 atom stereocenters. The van der Waals surface area contributed by atoms with Crippen molar-refractivity contribution in [2.45, 2.75) is 39.7 Å². The van der Waals surface area contributed by atoms with E-state index in [1.54, 1.807) is 13.8 Å². The average molecular weight is 339 g/mol. The molecule has 130 valence electrons. The maximum absolute atomic E-state index is 12.0. The summed E-state index contributed by atoms with van der Waals surface area (Å²) in [5.74, 6) is 0.838. The Morgan fingerprint density at radius 2 is 2.08 bits per heavy atom. The fourth-order valence-corrected chi connectivity index (χ4v) is 2.98. The molecule has 0 saturated carbocycles. The second-order valence-corrected chi connectivity index (χ2v) is 6.82. The van der Waals surface area contributed by atoms with Crippen molar-refractivity contribution in [2.75, 3.05) is 0 Å². The lowest BCUT2D eigenvalue weighted by Gasteiger charge is -2.28. The highest BCUT2D eigenvalue weighted by Gasteiger charge is 2.26. The van der Waals surface area contributed by atoms with Crippen LogP contribution in [0.15, 0.2) is 49.6 Å². The second-order valence-electron chi connectivity index (χ2n) is 6.82. The number of nitrogens with one attached hydrogen (secondary N) is 1. The number of nitrogens with zero attached hydrogens (tertiary/aromatic N) is 2. The van der Waals surface area contributed by atoms with Crippen LogP contribution >= 0.6 is 0 Å². The molecular formula is C19H21N3O3. The van der Waals surface area contributed by atoms with Crippen LogP contribution in [0.1, 0.15) is 43.2 Å². The third-order valence-corrected chi connectivity index (χ3v) is 4.06. The molecule has 0 bridgehead atoms. The van der Waals surface area contributed by atoms with Gasteiger partial charge >= 0.3 is 5.63 Å². The number of rotatable bonds is 2. The summed E-state index contributed by atoms with van der Waals surface area (Å²) in [5.41, 5.74) is 4.63. The number of amidine groups is 1. The van der Waals surface area contributed by atoms with Crippen LogP contribution in [0, 0.1) is 6.92 Å². The molecule has 0 saturated heterocycles. The van der Waals surface area contributed by atoms with Gasteiger partial charge in [-0.2, -0.15) is 5.10 Å². The molecule has 0 aliphatic carbocycles. The van der Waals surface area contributed by atoms with E-state index in [2.05, 4.69) is 30.4 Å². The van der Waals surface area contributed by atoms with E-state index >= 15 is 0 Å². The highest BCUT2D eigenvalue weighted by Crippen LogP contribution is 2.26. The van der Waals surface area contributed by atoms with Crippen LogP contribution < -0.4 is 11.1 Å². The molecule has 1 aliphatic heterocycles. The summed E-state index contributed by atoms with van der Waals surface area (Å²) in [4.78, 5) is 16.7. The van der Waals surface area contributed by atoms with Gasteiger partial charge in [-0.15, -0.1) is 0 Å². The Kier molecular flexibility index (Phi) is 4.20. The van der Waals surface area contributed by atoms with Crippen LogP contribution in [-0.4, -0.2) is 22.2 Å². The molecule has 0 amide bonds.